The van der Waals surface area contributed by atoms with E-state index >= 15 is 0 Å². The zero-order valence-electron chi connectivity index (χ0n) is 18.7. The summed E-state index contributed by atoms with van der Waals surface area (Å²) in [5.41, 5.74) is 0.878. The van der Waals surface area contributed by atoms with Gasteiger partial charge >= 0.3 is 0 Å². The monoisotopic (exact) mass is 453 g/mol. The highest BCUT2D eigenvalue weighted by Gasteiger charge is 2.39. The van der Waals surface area contributed by atoms with E-state index in [-0.39, 0.29) is 17.2 Å². The van der Waals surface area contributed by atoms with Crippen LogP contribution in [0.5, 0.6) is 0 Å². The fourth-order valence-electron chi connectivity index (χ4n) is 4.61. The van der Waals surface area contributed by atoms with Gasteiger partial charge in [0, 0.05) is 31.8 Å². The lowest BCUT2D eigenvalue weighted by Crippen LogP contribution is -2.29. The predicted molar refractivity (Wildman–Crippen MR) is 124 cm³/mol. The van der Waals surface area contributed by atoms with Gasteiger partial charge in [0.1, 0.15) is 29.1 Å². The molecule has 0 spiro atoms. The van der Waals surface area contributed by atoms with E-state index in [2.05, 4.69) is 33.0 Å². The molecule has 1 amide bonds. The number of anilines is 3. The molecule has 10 heteroatoms. The van der Waals surface area contributed by atoms with Gasteiger partial charge in [-0.15, -0.1) is 0 Å². The number of halogens is 1. The van der Waals surface area contributed by atoms with Crippen molar-refractivity contribution >= 4 is 28.9 Å². The van der Waals surface area contributed by atoms with Gasteiger partial charge < -0.3 is 20.5 Å². The molecule has 3 N–H and O–H groups in total. The smallest absolute Gasteiger partial charge is 0.274 e. The van der Waals surface area contributed by atoms with Crippen LogP contribution in [-0.2, 0) is 0 Å². The molecule has 0 radical (unpaired) electrons. The number of aromatic nitrogens is 4. The SMILES string of the molecule is CNc1cc(Nc2cccn([C@@H]3CCC[C@H](C)C3)c2=O)nc2c(C(=O)N[C@@H]3C[C@@H]3F)cnn12. The summed E-state index contributed by atoms with van der Waals surface area (Å²) >= 11 is 0. The maximum atomic E-state index is 13.2. The molecule has 0 bridgehead atoms. The fourth-order valence-corrected chi connectivity index (χ4v) is 4.61. The molecule has 0 saturated heterocycles. The maximum Gasteiger partial charge on any atom is 0.274 e. The largest absolute Gasteiger partial charge is 0.373 e. The third kappa shape index (κ3) is 4.17. The normalized spacial score (nSPS) is 24.5. The molecule has 3 aromatic heterocycles. The number of pyridine rings is 1. The van der Waals surface area contributed by atoms with Gasteiger partial charge in [0.25, 0.3) is 11.5 Å². The first kappa shape index (κ1) is 21.4. The fraction of sp³-hybridized carbons (Fsp3) is 0.478. The standard InChI is InChI=1S/C23H28FN7O2/c1-13-5-3-6-14(9-13)30-8-4-7-17(23(30)33)27-19-11-20(25-2)31-21(29-19)15(12-26-31)22(32)28-18-10-16(18)24/h4,7-8,11-14,16,18,25H,3,5-6,9-10H2,1-2H3,(H,27,29)(H,28,32)/t13-,14+,16-,18+/m0/s1. The summed E-state index contributed by atoms with van der Waals surface area (Å²) in [6.45, 7) is 2.23. The molecule has 0 aromatic carbocycles. The lowest BCUT2D eigenvalue weighted by Gasteiger charge is -2.28. The molecule has 0 aliphatic heterocycles. The number of hydrogen-bond donors (Lipinski definition) is 3. The summed E-state index contributed by atoms with van der Waals surface area (Å²) in [6.07, 6.45) is 6.90. The van der Waals surface area contributed by atoms with Crippen molar-refractivity contribution in [3.05, 3.63) is 46.5 Å². The van der Waals surface area contributed by atoms with Crippen molar-refractivity contribution in [2.45, 2.75) is 57.3 Å². The molecule has 9 nitrogen and oxygen atoms in total. The molecule has 0 unspecified atom stereocenters. The molecule has 2 saturated carbocycles. The van der Waals surface area contributed by atoms with Gasteiger partial charge in [-0.1, -0.05) is 19.8 Å². The van der Waals surface area contributed by atoms with Crippen LogP contribution in [0.25, 0.3) is 5.65 Å². The van der Waals surface area contributed by atoms with Crippen molar-refractivity contribution in [2.75, 3.05) is 17.7 Å². The van der Waals surface area contributed by atoms with Crippen LogP contribution in [0.2, 0.25) is 0 Å². The van der Waals surface area contributed by atoms with E-state index in [1.165, 1.54) is 17.1 Å². The van der Waals surface area contributed by atoms with Crippen molar-refractivity contribution in [1.82, 2.24) is 24.5 Å². The van der Waals surface area contributed by atoms with Gasteiger partial charge in [0.05, 0.1) is 12.2 Å². The molecule has 4 atom stereocenters. The van der Waals surface area contributed by atoms with Crippen molar-refractivity contribution in [2.24, 2.45) is 5.92 Å². The number of nitrogens with one attached hydrogen (secondary N) is 3. The molecule has 2 aliphatic carbocycles. The minimum atomic E-state index is -0.999. The minimum absolute atomic E-state index is 0.0986. The Kier molecular flexibility index (Phi) is 5.51. The van der Waals surface area contributed by atoms with Crippen LogP contribution in [0.1, 0.15) is 55.4 Å². The minimum Gasteiger partial charge on any atom is -0.373 e. The van der Waals surface area contributed by atoms with E-state index in [9.17, 15) is 14.0 Å². The van der Waals surface area contributed by atoms with Gasteiger partial charge in [0.15, 0.2) is 5.65 Å². The van der Waals surface area contributed by atoms with Crippen LogP contribution in [0.4, 0.5) is 21.7 Å². The van der Waals surface area contributed by atoms with E-state index in [1.54, 1.807) is 19.2 Å². The average Bonchev–Trinajstić information content (AvgIpc) is 3.31. The van der Waals surface area contributed by atoms with Gasteiger partial charge in [-0.2, -0.15) is 9.61 Å². The van der Waals surface area contributed by atoms with Gasteiger partial charge in [-0.05, 0) is 30.9 Å². The van der Waals surface area contributed by atoms with Crippen LogP contribution >= 0.6 is 0 Å². The summed E-state index contributed by atoms with van der Waals surface area (Å²) in [6, 6.07) is 5.05. The predicted octanol–water partition coefficient (Wildman–Crippen LogP) is 3.27. The highest BCUT2D eigenvalue weighted by Crippen LogP contribution is 2.31. The first-order valence-electron chi connectivity index (χ1n) is 11.4. The topological polar surface area (TPSA) is 105 Å². The lowest BCUT2D eigenvalue weighted by atomic mass is 9.87. The van der Waals surface area contributed by atoms with Crippen LogP contribution in [0.3, 0.4) is 0 Å². The first-order valence-corrected chi connectivity index (χ1v) is 11.4. The molecule has 5 rings (SSSR count). The summed E-state index contributed by atoms with van der Waals surface area (Å²) in [5.74, 6) is 1.18. The second-order valence-electron chi connectivity index (χ2n) is 9.09. The van der Waals surface area contributed by atoms with Gasteiger partial charge in [-0.3, -0.25) is 9.59 Å². The van der Waals surface area contributed by atoms with E-state index in [4.69, 9.17) is 0 Å². The van der Waals surface area contributed by atoms with Crippen LogP contribution < -0.4 is 21.5 Å². The Bertz CT molecular complexity index is 1250. The van der Waals surface area contributed by atoms with Crippen molar-refractivity contribution in [3.8, 4) is 0 Å². The zero-order valence-corrected chi connectivity index (χ0v) is 18.7. The molecule has 3 heterocycles. The number of carbonyl (C=O) groups excluding carboxylic acids is 1. The van der Waals surface area contributed by atoms with E-state index in [0.29, 0.717) is 35.3 Å². The Labute approximate surface area is 190 Å². The maximum absolute atomic E-state index is 13.2. The number of hydrogen-bond acceptors (Lipinski definition) is 6. The number of carbonyl (C=O) groups is 1. The number of alkyl halides is 1. The van der Waals surface area contributed by atoms with Gasteiger partial charge in [0.2, 0.25) is 0 Å². The molecule has 2 aliphatic rings. The highest BCUT2D eigenvalue weighted by molar-refractivity contribution is 6.00. The Morgan fingerprint density at radius 1 is 1.27 bits per heavy atom. The zero-order chi connectivity index (χ0) is 23.1. The number of amides is 1. The third-order valence-electron chi connectivity index (χ3n) is 6.54. The number of fused-ring (bicyclic) bond motifs is 1. The molecular weight excluding hydrogens is 425 g/mol. The average molecular weight is 454 g/mol. The van der Waals surface area contributed by atoms with Gasteiger partial charge in [-0.25, -0.2) is 9.37 Å². The van der Waals surface area contributed by atoms with Crippen molar-refractivity contribution in [3.63, 3.8) is 0 Å². The number of rotatable bonds is 6. The second kappa shape index (κ2) is 8.49. The summed E-state index contributed by atoms with van der Waals surface area (Å²) < 4.78 is 16.6. The Hall–Kier alpha value is -3.43. The number of nitrogens with zero attached hydrogens (tertiary/aromatic N) is 4. The molecule has 2 fully saturated rings. The third-order valence-corrected chi connectivity index (χ3v) is 6.54. The van der Waals surface area contributed by atoms with Crippen LogP contribution in [0.15, 0.2) is 35.4 Å². The van der Waals surface area contributed by atoms with Crippen LogP contribution in [-0.4, -0.2) is 44.3 Å². The van der Waals surface area contributed by atoms with Crippen molar-refractivity contribution < 1.29 is 9.18 Å². The first-order chi connectivity index (χ1) is 15.9. The van der Waals surface area contributed by atoms with E-state index in [1.807, 2.05) is 16.8 Å². The quantitative estimate of drug-likeness (QED) is 0.529. The lowest BCUT2D eigenvalue weighted by molar-refractivity contribution is 0.0949. The molecule has 3 aromatic rings. The Balaban J connectivity index is 1.46. The summed E-state index contributed by atoms with van der Waals surface area (Å²) in [7, 11) is 1.73. The van der Waals surface area contributed by atoms with E-state index in [0.717, 1.165) is 19.3 Å². The molecule has 174 valence electrons. The van der Waals surface area contributed by atoms with Crippen LogP contribution in [0, 0.1) is 5.92 Å². The Morgan fingerprint density at radius 3 is 2.82 bits per heavy atom. The summed E-state index contributed by atoms with van der Waals surface area (Å²) in [4.78, 5) is 30.4. The molecular formula is C23H28FN7O2. The highest BCUT2D eigenvalue weighted by atomic mass is 19.1. The second-order valence-corrected chi connectivity index (χ2v) is 9.09. The Morgan fingerprint density at radius 2 is 2.09 bits per heavy atom. The van der Waals surface area contributed by atoms with E-state index < -0.39 is 18.1 Å². The summed E-state index contributed by atoms with van der Waals surface area (Å²) in [5, 5.41) is 13.1. The van der Waals surface area contributed by atoms with Crippen molar-refractivity contribution in [1.29, 1.82) is 0 Å². The molecule has 33 heavy (non-hydrogen) atoms.